The van der Waals surface area contributed by atoms with Crippen LogP contribution < -0.4 is 20.5 Å². The molecule has 38 heavy (non-hydrogen) atoms. The third kappa shape index (κ3) is 9.90. The van der Waals surface area contributed by atoms with Crippen molar-refractivity contribution in [2.75, 3.05) is 27.4 Å². The lowest BCUT2D eigenvalue weighted by molar-refractivity contribution is -0.128. The van der Waals surface area contributed by atoms with E-state index < -0.39 is 12.1 Å². The molecule has 1 fully saturated rings. The van der Waals surface area contributed by atoms with E-state index in [-0.39, 0.29) is 29.7 Å². The summed E-state index contributed by atoms with van der Waals surface area (Å²) in [5.41, 5.74) is 8.80. The summed E-state index contributed by atoms with van der Waals surface area (Å²) in [7, 11) is 3.32. The Bertz CT molecular complexity index is 872. The lowest BCUT2D eigenvalue weighted by atomic mass is 9.80. The number of rotatable bonds is 17. The Balaban J connectivity index is 2.02. The number of ether oxygens (including phenoxy) is 3. The maximum absolute atomic E-state index is 13.1. The fourth-order valence-electron chi connectivity index (χ4n) is 5.23. The number of carbonyl (C=O) groups excluding carboxylic acids is 1. The van der Waals surface area contributed by atoms with E-state index >= 15 is 0 Å². The molecule has 1 aromatic rings. The van der Waals surface area contributed by atoms with Gasteiger partial charge in [-0.15, -0.1) is 0 Å². The number of aliphatic hydroxyl groups excluding tert-OH is 1. The summed E-state index contributed by atoms with van der Waals surface area (Å²) >= 11 is 0. The maximum atomic E-state index is 13.1. The van der Waals surface area contributed by atoms with Gasteiger partial charge >= 0.3 is 0 Å². The number of nitrogens with two attached hydrogens (primary N) is 1. The molecule has 0 unspecified atom stereocenters. The van der Waals surface area contributed by atoms with Crippen molar-refractivity contribution in [2.45, 2.75) is 90.8 Å². The van der Waals surface area contributed by atoms with Gasteiger partial charge in [-0.05, 0) is 74.0 Å². The third-order valence-corrected chi connectivity index (χ3v) is 7.93. The zero-order valence-electron chi connectivity index (χ0n) is 24.5. The Morgan fingerprint density at radius 2 is 1.87 bits per heavy atom. The van der Waals surface area contributed by atoms with Gasteiger partial charge in [0.2, 0.25) is 5.91 Å². The van der Waals surface area contributed by atoms with Gasteiger partial charge in [-0.25, -0.2) is 0 Å². The summed E-state index contributed by atoms with van der Waals surface area (Å²) in [5.74, 6) is 1.88. The highest BCUT2D eigenvalue weighted by Crippen LogP contribution is 2.32. The van der Waals surface area contributed by atoms with Crippen molar-refractivity contribution in [2.24, 2.45) is 29.4 Å². The van der Waals surface area contributed by atoms with E-state index in [1.807, 2.05) is 26.0 Å². The summed E-state index contributed by atoms with van der Waals surface area (Å²) in [4.78, 5) is 13.1. The van der Waals surface area contributed by atoms with Crippen molar-refractivity contribution in [3.8, 4) is 11.5 Å². The third-order valence-electron chi connectivity index (χ3n) is 7.93. The minimum Gasteiger partial charge on any atom is -0.493 e. The topological polar surface area (TPSA) is 103 Å². The van der Waals surface area contributed by atoms with Crippen LogP contribution in [0.15, 0.2) is 30.4 Å². The van der Waals surface area contributed by atoms with Gasteiger partial charge in [0, 0.05) is 38.1 Å². The first kappa shape index (κ1) is 32.1. The van der Waals surface area contributed by atoms with Crippen molar-refractivity contribution < 1.29 is 24.1 Å². The number of benzene rings is 1. The number of hydrogen-bond acceptors (Lipinski definition) is 6. The zero-order chi connectivity index (χ0) is 28.2. The highest BCUT2D eigenvalue weighted by molar-refractivity contribution is 5.79. The smallest absolute Gasteiger partial charge is 0.223 e. The molecule has 216 valence electrons. The molecule has 1 saturated carbocycles. The molecule has 0 spiro atoms. The van der Waals surface area contributed by atoms with E-state index in [1.54, 1.807) is 14.2 Å². The zero-order valence-corrected chi connectivity index (χ0v) is 24.5. The second kappa shape index (κ2) is 16.1. The molecule has 1 aliphatic rings. The van der Waals surface area contributed by atoms with Crippen LogP contribution in [0.1, 0.15) is 71.8 Å². The second-order valence-electron chi connectivity index (χ2n) is 11.6. The standard InChI is InChI=1S/C31H52N2O5/c1-20(2)24(16-23-12-13-29(37-7)30(17-23)38-15-9-14-36-6)18-26(32)28(34)19-25(21(3)4)31(35)33-27-11-8-10-22(27)5/h12-13,17,20-21,24-28,34H,5,8-11,14-16,18-19,32H2,1-4,6-7H3,(H,33,35)/t24-,25-,26-,27+,28-/m0/s1. The summed E-state index contributed by atoms with van der Waals surface area (Å²) in [6.07, 6.45) is 4.87. The average Bonchev–Trinajstić information content (AvgIpc) is 3.28. The molecule has 7 nitrogen and oxygen atoms in total. The number of carbonyl (C=O) groups is 1. The number of nitrogens with one attached hydrogen (secondary N) is 1. The van der Waals surface area contributed by atoms with Gasteiger partial charge in [-0.1, -0.05) is 45.9 Å². The van der Waals surface area contributed by atoms with Crippen LogP contribution in [0.4, 0.5) is 0 Å². The van der Waals surface area contributed by atoms with Crippen LogP contribution in [-0.2, 0) is 16.0 Å². The highest BCUT2D eigenvalue weighted by atomic mass is 16.5. The predicted octanol–water partition coefficient (Wildman–Crippen LogP) is 4.89. The molecule has 0 bridgehead atoms. The summed E-state index contributed by atoms with van der Waals surface area (Å²) in [6, 6.07) is 5.68. The van der Waals surface area contributed by atoms with E-state index in [4.69, 9.17) is 19.9 Å². The van der Waals surface area contributed by atoms with Crippen molar-refractivity contribution in [3.05, 3.63) is 35.9 Å². The molecule has 1 aromatic carbocycles. The van der Waals surface area contributed by atoms with Gasteiger partial charge in [0.1, 0.15) is 0 Å². The Kier molecular flexibility index (Phi) is 13.6. The molecule has 1 aliphatic carbocycles. The fourth-order valence-corrected chi connectivity index (χ4v) is 5.23. The minimum atomic E-state index is -0.753. The Morgan fingerprint density at radius 3 is 2.45 bits per heavy atom. The first-order valence-electron chi connectivity index (χ1n) is 14.3. The lowest BCUT2D eigenvalue weighted by Gasteiger charge is -2.30. The van der Waals surface area contributed by atoms with Crippen molar-refractivity contribution in [1.82, 2.24) is 5.32 Å². The SMILES string of the molecule is C=C1CCC[C@H]1NC(=O)[C@@H](C[C@H](O)[C@@H](N)C[C@H](Cc1ccc(OC)c(OCCCOC)c1)C(C)C)C(C)C. The molecule has 0 radical (unpaired) electrons. The quantitative estimate of drug-likeness (QED) is 0.195. The minimum absolute atomic E-state index is 0.00373. The van der Waals surface area contributed by atoms with Crippen LogP contribution in [0, 0.1) is 23.7 Å². The molecule has 1 amide bonds. The summed E-state index contributed by atoms with van der Waals surface area (Å²) in [5, 5.41) is 14.2. The monoisotopic (exact) mass is 532 g/mol. The Hall–Kier alpha value is -2.09. The summed E-state index contributed by atoms with van der Waals surface area (Å²) < 4.78 is 16.6. The van der Waals surface area contributed by atoms with Gasteiger partial charge in [0.25, 0.3) is 0 Å². The van der Waals surface area contributed by atoms with Crippen molar-refractivity contribution in [3.63, 3.8) is 0 Å². The normalized spacial score (nSPS) is 18.9. The van der Waals surface area contributed by atoms with Crippen LogP contribution in [0.2, 0.25) is 0 Å². The second-order valence-corrected chi connectivity index (χ2v) is 11.6. The Morgan fingerprint density at radius 1 is 1.13 bits per heavy atom. The molecule has 0 aromatic heterocycles. The van der Waals surface area contributed by atoms with E-state index in [0.29, 0.717) is 37.7 Å². The van der Waals surface area contributed by atoms with Crippen molar-refractivity contribution >= 4 is 5.91 Å². The lowest BCUT2D eigenvalue weighted by Crippen LogP contribution is -2.44. The molecule has 4 N–H and O–H groups in total. The first-order chi connectivity index (χ1) is 18.1. The maximum Gasteiger partial charge on any atom is 0.223 e. The van der Waals surface area contributed by atoms with Gasteiger partial charge in [0.15, 0.2) is 11.5 Å². The predicted molar refractivity (Wildman–Crippen MR) is 153 cm³/mol. The molecule has 0 saturated heterocycles. The van der Waals surface area contributed by atoms with Crippen LogP contribution in [0.25, 0.3) is 0 Å². The largest absolute Gasteiger partial charge is 0.493 e. The van der Waals surface area contributed by atoms with E-state index in [1.165, 1.54) is 0 Å². The van der Waals surface area contributed by atoms with Gasteiger partial charge < -0.3 is 30.4 Å². The number of aliphatic hydroxyl groups is 1. The van der Waals surface area contributed by atoms with Crippen LogP contribution in [-0.4, -0.2) is 56.6 Å². The highest BCUT2D eigenvalue weighted by Gasteiger charge is 2.31. The first-order valence-corrected chi connectivity index (χ1v) is 14.3. The molecule has 2 rings (SSSR count). The molecule has 7 heteroatoms. The van der Waals surface area contributed by atoms with E-state index in [9.17, 15) is 9.90 Å². The molecule has 0 heterocycles. The molecular weight excluding hydrogens is 480 g/mol. The average molecular weight is 533 g/mol. The molecular formula is C31H52N2O5. The number of methoxy groups -OCH3 is 2. The van der Waals surface area contributed by atoms with Gasteiger partial charge in [0.05, 0.1) is 19.8 Å². The van der Waals surface area contributed by atoms with Crippen LogP contribution in [0.3, 0.4) is 0 Å². The van der Waals surface area contributed by atoms with E-state index in [0.717, 1.165) is 49.0 Å². The van der Waals surface area contributed by atoms with Crippen molar-refractivity contribution in [1.29, 1.82) is 0 Å². The van der Waals surface area contributed by atoms with Crippen LogP contribution in [0.5, 0.6) is 11.5 Å². The molecule has 5 atom stereocenters. The van der Waals surface area contributed by atoms with Gasteiger partial charge in [-0.3, -0.25) is 4.79 Å². The van der Waals surface area contributed by atoms with E-state index in [2.05, 4.69) is 31.8 Å². The molecule has 0 aliphatic heterocycles. The number of amides is 1. The Labute approximate surface area is 230 Å². The van der Waals surface area contributed by atoms with Gasteiger partial charge in [-0.2, -0.15) is 0 Å². The van der Waals surface area contributed by atoms with Crippen LogP contribution >= 0.6 is 0 Å². The fraction of sp³-hybridized carbons (Fsp3) is 0.710. The number of hydrogen-bond donors (Lipinski definition) is 3. The summed E-state index contributed by atoms with van der Waals surface area (Å²) in [6.45, 7) is 13.7.